The van der Waals surface area contributed by atoms with Crippen LogP contribution in [0.25, 0.3) is 0 Å². The zero-order valence-corrected chi connectivity index (χ0v) is 11.2. The molecule has 1 aliphatic carbocycles. The van der Waals surface area contributed by atoms with Gasteiger partial charge in [-0.05, 0) is 24.8 Å². The second-order valence-corrected chi connectivity index (χ2v) is 4.90. The van der Waals surface area contributed by atoms with E-state index in [4.69, 9.17) is 4.74 Å². The molecule has 0 atom stereocenters. The SMILES string of the molecule is O=C(CNC1CC1)NCCCOCc1ccccc1. The first-order valence-electron chi connectivity index (χ1n) is 6.96. The fourth-order valence-corrected chi connectivity index (χ4v) is 1.75. The lowest BCUT2D eigenvalue weighted by atomic mass is 10.2. The topological polar surface area (TPSA) is 50.4 Å². The summed E-state index contributed by atoms with van der Waals surface area (Å²) in [5.41, 5.74) is 1.18. The Bertz CT molecular complexity index is 377. The van der Waals surface area contributed by atoms with Gasteiger partial charge in [-0.2, -0.15) is 0 Å². The highest BCUT2D eigenvalue weighted by atomic mass is 16.5. The van der Waals surface area contributed by atoms with E-state index in [2.05, 4.69) is 10.6 Å². The molecule has 0 unspecified atom stereocenters. The second-order valence-electron chi connectivity index (χ2n) is 4.90. The molecular weight excluding hydrogens is 240 g/mol. The molecule has 1 aliphatic rings. The van der Waals surface area contributed by atoms with Gasteiger partial charge in [0.1, 0.15) is 0 Å². The fraction of sp³-hybridized carbons (Fsp3) is 0.533. The summed E-state index contributed by atoms with van der Waals surface area (Å²) in [5.74, 6) is 0.0787. The van der Waals surface area contributed by atoms with Crippen LogP contribution in [0.3, 0.4) is 0 Å². The van der Waals surface area contributed by atoms with Crippen molar-refractivity contribution < 1.29 is 9.53 Å². The number of carbonyl (C=O) groups excluding carboxylic acids is 1. The zero-order chi connectivity index (χ0) is 13.3. The molecule has 0 heterocycles. The van der Waals surface area contributed by atoms with Gasteiger partial charge in [0.25, 0.3) is 0 Å². The lowest BCUT2D eigenvalue weighted by molar-refractivity contribution is -0.120. The van der Waals surface area contributed by atoms with Crippen LogP contribution < -0.4 is 10.6 Å². The van der Waals surface area contributed by atoms with E-state index in [1.54, 1.807) is 0 Å². The Kier molecular flexibility index (Phi) is 5.85. The van der Waals surface area contributed by atoms with Crippen LogP contribution in [0.2, 0.25) is 0 Å². The van der Waals surface area contributed by atoms with Crippen molar-refractivity contribution in [1.29, 1.82) is 0 Å². The van der Waals surface area contributed by atoms with Gasteiger partial charge >= 0.3 is 0 Å². The molecular formula is C15H22N2O2. The van der Waals surface area contributed by atoms with Crippen molar-refractivity contribution >= 4 is 5.91 Å². The van der Waals surface area contributed by atoms with E-state index in [0.717, 1.165) is 6.42 Å². The van der Waals surface area contributed by atoms with Crippen molar-refractivity contribution in [1.82, 2.24) is 10.6 Å². The first-order chi connectivity index (χ1) is 9.34. The number of ether oxygens (including phenoxy) is 1. The molecule has 1 aromatic carbocycles. The quantitative estimate of drug-likeness (QED) is 0.662. The molecule has 1 aromatic rings. The Labute approximate surface area is 114 Å². The summed E-state index contributed by atoms with van der Waals surface area (Å²) in [6.45, 7) is 2.43. The number of hydrogen-bond acceptors (Lipinski definition) is 3. The van der Waals surface area contributed by atoms with Gasteiger partial charge in [-0.25, -0.2) is 0 Å². The van der Waals surface area contributed by atoms with Gasteiger partial charge in [0.05, 0.1) is 13.2 Å². The highest BCUT2D eigenvalue weighted by Gasteiger charge is 2.20. The van der Waals surface area contributed by atoms with Crippen LogP contribution in [0.1, 0.15) is 24.8 Å². The Hall–Kier alpha value is -1.39. The minimum Gasteiger partial charge on any atom is -0.377 e. The summed E-state index contributed by atoms with van der Waals surface area (Å²) in [4.78, 5) is 11.4. The molecule has 2 N–H and O–H groups in total. The summed E-state index contributed by atoms with van der Waals surface area (Å²) in [5, 5.41) is 6.07. The van der Waals surface area contributed by atoms with Gasteiger partial charge in [0.2, 0.25) is 5.91 Å². The Morgan fingerprint density at radius 3 is 2.79 bits per heavy atom. The first-order valence-corrected chi connectivity index (χ1v) is 6.96. The van der Waals surface area contributed by atoms with E-state index in [9.17, 15) is 4.79 Å². The predicted molar refractivity (Wildman–Crippen MR) is 74.7 cm³/mol. The number of amides is 1. The van der Waals surface area contributed by atoms with E-state index in [0.29, 0.717) is 32.3 Å². The van der Waals surface area contributed by atoms with Crippen LogP contribution in [-0.2, 0) is 16.1 Å². The van der Waals surface area contributed by atoms with Gasteiger partial charge in [0.15, 0.2) is 0 Å². The monoisotopic (exact) mass is 262 g/mol. The molecule has 0 aromatic heterocycles. The van der Waals surface area contributed by atoms with Crippen molar-refractivity contribution in [2.45, 2.75) is 31.9 Å². The van der Waals surface area contributed by atoms with Gasteiger partial charge in [-0.1, -0.05) is 30.3 Å². The molecule has 1 amide bonds. The maximum atomic E-state index is 11.4. The Balaban J connectivity index is 1.42. The largest absolute Gasteiger partial charge is 0.377 e. The average Bonchev–Trinajstić information content (AvgIpc) is 3.26. The van der Waals surface area contributed by atoms with Crippen molar-refractivity contribution in [2.75, 3.05) is 19.7 Å². The van der Waals surface area contributed by atoms with Gasteiger partial charge < -0.3 is 15.4 Å². The summed E-state index contributed by atoms with van der Waals surface area (Å²) in [6, 6.07) is 10.7. The molecule has 0 bridgehead atoms. The normalized spacial score (nSPS) is 14.3. The third-order valence-corrected chi connectivity index (χ3v) is 3.03. The molecule has 1 saturated carbocycles. The predicted octanol–water partition coefficient (Wildman–Crippen LogP) is 1.46. The first kappa shape index (κ1) is 14.0. The number of rotatable bonds is 9. The van der Waals surface area contributed by atoms with Crippen LogP contribution in [0.5, 0.6) is 0 Å². The van der Waals surface area contributed by atoms with Crippen LogP contribution in [0.4, 0.5) is 0 Å². The smallest absolute Gasteiger partial charge is 0.233 e. The molecule has 1 fully saturated rings. The summed E-state index contributed by atoms with van der Waals surface area (Å²) >= 11 is 0. The summed E-state index contributed by atoms with van der Waals surface area (Å²) in [7, 11) is 0. The molecule has 0 aliphatic heterocycles. The van der Waals surface area contributed by atoms with Crippen LogP contribution in [0.15, 0.2) is 30.3 Å². The fourth-order valence-electron chi connectivity index (χ4n) is 1.75. The second kappa shape index (κ2) is 7.92. The average molecular weight is 262 g/mol. The standard InChI is InChI=1S/C15H22N2O2/c18-15(11-17-14-7-8-14)16-9-4-10-19-12-13-5-2-1-3-6-13/h1-3,5-6,14,17H,4,7-12H2,(H,16,18). The summed E-state index contributed by atoms with van der Waals surface area (Å²) < 4.78 is 5.54. The van der Waals surface area contributed by atoms with Crippen LogP contribution >= 0.6 is 0 Å². The van der Waals surface area contributed by atoms with Gasteiger partial charge in [0, 0.05) is 19.2 Å². The maximum Gasteiger partial charge on any atom is 0.233 e. The molecule has 0 spiro atoms. The van der Waals surface area contributed by atoms with Gasteiger partial charge in [-0.3, -0.25) is 4.79 Å². The number of nitrogens with one attached hydrogen (secondary N) is 2. The van der Waals surface area contributed by atoms with Crippen molar-refractivity contribution in [3.63, 3.8) is 0 Å². The third-order valence-electron chi connectivity index (χ3n) is 3.03. The minimum absolute atomic E-state index is 0.0787. The third kappa shape index (κ3) is 6.36. The minimum atomic E-state index is 0.0787. The lowest BCUT2D eigenvalue weighted by Gasteiger charge is -2.07. The maximum absolute atomic E-state index is 11.4. The molecule has 0 saturated heterocycles. The Morgan fingerprint density at radius 2 is 2.05 bits per heavy atom. The highest BCUT2D eigenvalue weighted by molar-refractivity contribution is 5.78. The lowest BCUT2D eigenvalue weighted by Crippen LogP contribution is -2.35. The molecule has 0 radical (unpaired) electrons. The molecule has 104 valence electrons. The van der Waals surface area contributed by atoms with E-state index < -0.39 is 0 Å². The zero-order valence-electron chi connectivity index (χ0n) is 11.2. The van der Waals surface area contributed by atoms with Gasteiger partial charge in [-0.15, -0.1) is 0 Å². The van der Waals surface area contributed by atoms with Crippen LogP contribution in [0, 0.1) is 0 Å². The van der Waals surface area contributed by atoms with Crippen molar-refractivity contribution in [3.05, 3.63) is 35.9 Å². The van der Waals surface area contributed by atoms with Crippen LogP contribution in [-0.4, -0.2) is 31.6 Å². The van der Waals surface area contributed by atoms with E-state index in [1.165, 1.54) is 18.4 Å². The van der Waals surface area contributed by atoms with Crippen molar-refractivity contribution in [2.24, 2.45) is 0 Å². The van der Waals surface area contributed by atoms with E-state index >= 15 is 0 Å². The summed E-state index contributed by atoms with van der Waals surface area (Å²) in [6.07, 6.45) is 3.27. The highest BCUT2D eigenvalue weighted by Crippen LogP contribution is 2.17. The molecule has 2 rings (SSSR count). The Morgan fingerprint density at radius 1 is 1.26 bits per heavy atom. The van der Waals surface area contributed by atoms with Crippen molar-refractivity contribution in [3.8, 4) is 0 Å². The van der Waals surface area contributed by atoms with E-state index in [1.807, 2.05) is 30.3 Å². The number of hydrogen-bond donors (Lipinski definition) is 2. The molecule has 4 nitrogen and oxygen atoms in total. The van der Waals surface area contributed by atoms with E-state index in [-0.39, 0.29) is 5.91 Å². The molecule has 19 heavy (non-hydrogen) atoms. The molecule has 4 heteroatoms. The number of benzene rings is 1. The number of carbonyl (C=O) groups is 1.